The van der Waals surface area contributed by atoms with Crippen LogP contribution >= 0.6 is 0 Å². The quantitative estimate of drug-likeness (QED) is 0.541. The van der Waals surface area contributed by atoms with Crippen LogP contribution in [-0.4, -0.2) is 6.43 Å². The molecule has 0 spiro atoms. The molecule has 0 bridgehead atoms. The number of alkyl halides is 2. The second-order valence-electron chi connectivity index (χ2n) is 3.44. The van der Waals surface area contributed by atoms with Gasteiger partial charge < -0.3 is 0 Å². The molecule has 0 atom stereocenters. The summed E-state index contributed by atoms with van der Waals surface area (Å²) in [6, 6.07) is 0. The van der Waals surface area contributed by atoms with E-state index in [9.17, 15) is 8.78 Å². The molecule has 2 aliphatic rings. The van der Waals surface area contributed by atoms with E-state index in [-0.39, 0.29) is 5.41 Å². The van der Waals surface area contributed by atoms with Gasteiger partial charge in [-0.15, -0.1) is 0 Å². The monoisotopic (exact) mass is 132 g/mol. The number of hydrogen-bond acceptors (Lipinski definition) is 0. The maximum atomic E-state index is 12.1. The summed E-state index contributed by atoms with van der Waals surface area (Å²) < 4.78 is 24.2. The number of rotatable bonds is 2. The fourth-order valence-electron chi connectivity index (χ4n) is 2.06. The molecule has 2 fully saturated rings. The first-order chi connectivity index (χ1) is 4.17. The molecule has 2 saturated carbocycles. The van der Waals surface area contributed by atoms with Crippen LogP contribution in [0.25, 0.3) is 0 Å². The van der Waals surface area contributed by atoms with Crippen molar-refractivity contribution in [3.05, 3.63) is 0 Å². The first kappa shape index (κ1) is 5.63. The largest absolute Gasteiger partial charge is 0.244 e. The Morgan fingerprint density at radius 1 is 1.44 bits per heavy atom. The first-order valence-electron chi connectivity index (χ1n) is 3.45. The van der Waals surface area contributed by atoms with Crippen LogP contribution in [-0.2, 0) is 0 Å². The van der Waals surface area contributed by atoms with Crippen molar-refractivity contribution < 1.29 is 8.78 Å². The molecule has 0 nitrogen and oxygen atoms in total. The standard InChI is InChI=1S/C7H10F2/c1-2-6-3-7(6,4-6)5(8)9/h5H,2-4H2,1H3. The molecule has 2 heteroatoms. The van der Waals surface area contributed by atoms with Crippen LogP contribution in [0.5, 0.6) is 0 Å². The fourth-order valence-corrected chi connectivity index (χ4v) is 2.06. The second-order valence-corrected chi connectivity index (χ2v) is 3.44. The van der Waals surface area contributed by atoms with E-state index in [0.717, 1.165) is 19.3 Å². The third-order valence-corrected chi connectivity index (χ3v) is 3.21. The Morgan fingerprint density at radius 2 is 2.00 bits per heavy atom. The minimum absolute atomic E-state index is 0.126. The summed E-state index contributed by atoms with van der Waals surface area (Å²) in [6.07, 6.45) is 0.511. The van der Waals surface area contributed by atoms with Gasteiger partial charge in [0.2, 0.25) is 6.43 Å². The van der Waals surface area contributed by atoms with Crippen molar-refractivity contribution in [1.82, 2.24) is 0 Å². The van der Waals surface area contributed by atoms with Crippen molar-refractivity contribution in [2.45, 2.75) is 32.6 Å². The molecule has 0 aromatic rings. The van der Waals surface area contributed by atoms with E-state index >= 15 is 0 Å². The molecule has 52 valence electrons. The number of halogens is 2. The molecule has 0 radical (unpaired) electrons. The predicted molar refractivity (Wildman–Crippen MR) is 30.4 cm³/mol. The van der Waals surface area contributed by atoms with Crippen molar-refractivity contribution in [3.8, 4) is 0 Å². The maximum Gasteiger partial charge on any atom is 0.244 e. The van der Waals surface area contributed by atoms with E-state index < -0.39 is 11.8 Å². The highest BCUT2D eigenvalue weighted by atomic mass is 19.3. The zero-order valence-electron chi connectivity index (χ0n) is 5.45. The van der Waals surface area contributed by atoms with Gasteiger partial charge >= 0.3 is 0 Å². The van der Waals surface area contributed by atoms with Crippen LogP contribution in [0, 0.1) is 10.8 Å². The molecule has 0 aromatic carbocycles. The molecule has 0 heterocycles. The van der Waals surface area contributed by atoms with Gasteiger partial charge in [0, 0.05) is 5.41 Å². The van der Waals surface area contributed by atoms with Gasteiger partial charge in [0.25, 0.3) is 0 Å². The molecule has 0 aromatic heterocycles. The van der Waals surface area contributed by atoms with Gasteiger partial charge in [-0.05, 0) is 24.7 Å². The third-order valence-electron chi connectivity index (χ3n) is 3.21. The third kappa shape index (κ3) is 0.404. The Balaban J connectivity index is 2.06. The minimum atomic E-state index is -2.04. The van der Waals surface area contributed by atoms with Crippen molar-refractivity contribution in [1.29, 1.82) is 0 Å². The van der Waals surface area contributed by atoms with Crippen LogP contribution in [0.15, 0.2) is 0 Å². The molecular formula is C7H10F2. The Kier molecular flexibility index (Phi) is 0.725. The average Bonchev–Trinajstić information content (AvgIpc) is 2.45. The van der Waals surface area contributed by atoms with Gasteiger partial charge in [-0.3, -0.25) is 0 Å². The van der Waals surface area contributed by atoms with Gasteiger partial charge in [-0.2, -0.15) is 0 Å². The highest BCUT2D eigenvalue weighted by Crippen LogP contribution is 2.89. The molecule has 0 aliphatic heterocycles. The molecule has 0 saturated heterocycles. The summed E-state index contributed by atoms with van der Waals surface area (Å²) in [5.41, 5.74) is -0.344. The van der Waals surface area contributed by atoms with Crippen molar-refractivity contribution in [2.24, 2.45) is 10.8 Å². The van der Waals surface area contributed by atoms with Gasteiger partial charge in [-0.25, -0.2) is 8.78 Å². The Morgan fingerprint density at radius 3 is 2.11 bits per heavy atom. The van der Waals surface area contributed by atoms with Crippen LogP contribution in [0.3, 0.4) is 0 Å². The Labute approximate surface area is 53.2 Å². The topological polar surface area (TPSA) is 0 Å². The summed E-state index contributed by atoms with van der Waals surface area (Å²) in [5.74, 6) is 0. The lowest BCUT2D eigenvalue weighted by molar-refractivity contribution is 0.0919. The molecule has 0 N–H and O–H groups in total. The summed E-state index contributed by atoms with van der Waals surface area (Å²) in [7, 11) is 0. The highest BCUT2D eigenvalue weighted by Gasteiger charge is 2.85. The van der Waals surface area contributed by atoms with Crippen molar-refractivity contribution >= 4 is 0 Å². The van der Waals surface area contributed by atoms with Crippen molar-refractivity contribution in [3.63, 3.8) is 0 Å². The van der Waals surface area contributed by atoms with Crippen LogP contribution in [0.2, 0.25) is 0 Å². The van der Waals surface area contributed by atoms with Crippen LogP contribution in [0.1, 0.15) is 26.2 Å². The smallest absolute Gasteiger partial charge is 0.210 e. The highest BCUT2D eigenvalue weighted by molar-refractivity contribution is 5.31. The SMILES string of the molecule is CCC12CC1(C(F)F)C2. The first-order valence-corrected chi connectivity index (χ1v) is 3.45. The summed E-state index contributed by atoms with van der Waals surface area (Å²) in [4.78, 5) is 0. The Bertz CT molecular complexity index is 145. The molecule has 2 rings (SSSR count). The predicted octanol–water partition coefficient (Wildman–Crippen LogP) is 2.44. The zero-order valence-corrected chi connectivity index (χ0v) is 5.45. The molecule has 9 heavy (non-hydrogen) atoms. The van der Waals surface area contributed by atoms with Crippen LogP contribution in [0.4, 0.5) is 8.78 Å². The fraction of sp³-hybridized carbons (Fsp3) is 1.00. The lowest BCUT2D eigenvalue weighted by Gasteiger charge is -1.96. The van der Waals surface area contributed by atoms with E-state index in [2.05, 4.69) is 0 Å². The maximum absolute atomic E-state index is 12.1. The van der Waals surface area contributed by atoms with E-state index in [1.165, 1.54) is 0 Å². The average molecular weight is 132 g/mol. The van der Waals surface area contributed by atoms with E-state index in [0.29, 0.717) is 0 Å². The second kappa shape index (κ2) is 1.16. The normalized spacial score (nSPS) is 53.3. The number of hydrogen-bond donors (Lipinski definition) is 0. The van der Waals surface area contributed by atoms with E-state index in [1.807, 2.05) is 6.92 Å². The lowest BCUT2D eigenvalue weighted by atomic mass is 10.2. The molecular weight excluding hydrogens is 122 g/mol. The summed E-state index contributed by atoms with van der Waals surface area (Å²) in [6.45, 7) is 2.01. The van der Waals surface area contributed by atoms with Gasteiger partial charge in [0.15, 0.2) is 0 Å². The van der Waals surface area contributed by atoms with Gasteiger partial charge in [0.1, 0.15) is 0 Å². The van der Waals surface area contributed by atoms with Gasteiger partial charge in [0.05, 0.1) is 0 Å². The minimum Gasteiger partial charge on any atom is -0.210 e. The molecule has 0 amide bonds. The van der Waals surface area contributed by atoms with E-state index in [4.69, 9.17) is 0 Å². The van der Waals surface area contributed by atoms with E-state index in [1.54, 1.807) is 0 Å². The molecule has 2 aliphatic carbocycles. The van der Waals surface area contributed by atoms with Crippen molar-refractivity contribution in [2.75, 3.05) is 0 Å². The lowest BCUT2D eigenvalue weighted by Crippen LogP contribution is -1.99. The number of fused-ring (bicyclic) bond motifs is 1. The summed E-state index contributed by atoms with van der Waals surface area (Å²) in [5, 5.41) is 0. The Hall–Kier alpha value is -0.140. The molecule has 0 unspecified atom stereocenters. The summed E-state index contributed by atoms with van der Waals surface area (Å²) >= 11 is 0. The zero-order chi connectivity index (χ0) is 6.70. The van der Waals surface area contributed by atoms with Gasteiger partial charge in [-0.1, -0.05) is 6.92 Å². The van der Waals surface area contributed by atoms with Crippen LogP contribution < -0.4 is 0 Å².